The number of aromatic nitrogens is 4. The molecule has 1 saturated heterocycles. The number of benzene rings is 2. The molecule has 7 nitrogen and oxygen atoms in total. The quantitative estimate of drug-likeness (QED) is 0.617. The Morgan fingerprint density at radius 1 is 0.966 bits per heavy atom. The third kappa shape index (κ3) is 4.93. The number of nitrogens with zero attached hydrogens (tertiary/aromatic N) is 6. The Labute approximate surface area is 177 Å². The van der Waals surface area contributed by atoms with E-state index in [4.69, 9.17) is 4.74 Å². The maximum Gasteiger partial charge on any atom is 0.173 e. The third-order valence-corrected chi connectivity index (χ3v) is 5.31. The van der Waals surface area contributed by atoms with Gasteiger partial charge in [-0.15, -0.1) is 17.5 Å². The van der Waals surface area contributed by atoms with Crippen molar-refractivity contribution >= 4 is 12.4 Å². The van der Waals surface area contributed by atoms with Crippen molar-refractivity contribution in [3.05, 3.63) is 71.5 Å². The zero-order valence-electron chi connectivity index (χ0n) is 16.8. The largest absolute Gasteiger partial charge is 0.497 e. The molecule has 0 saturated carbocycles. The van der Waals surface area contributed by atoms with Gasteiger partial charge < -0.3 is 9.64 Å². The fraction of sp³-hybridized carbons (Fsp3) is 0.381. The van der Waals surface area contributed by atoms with Gasteiger partial charge in [0, 0.05) is 26.2 Å². The van der Waals surface area contributed by atoms with Crippen molar-refractivity contribution in [3.63, 3.8) is 0 Å². The molecule has 1 fully saturated rings. The molecule has 1 unspecified atom stereocenters. The molecule has 0 amide bonds. The Morgan fingerprint density at radius 3 is 2.31 bits per heavy atom. The average Bonchev–Trinajstić information content (AvgIpc) is 3.19. The molecule has 0 N–H and O–H groups in total. The van der Waals surface area contributed by atoms with Crippen LogP contribution >= 0.6 is 12.4 Å². The molecule has 154 valence electrons. The lowest BCUT2D eigenvalue weighted by atomic mass is 10.0. The molecular weight excluding hydrogens is 388 g/mol. The Kier molecular flexibility index (Phi) is 7.19. The lowest BCUT2D eigenvalue weighted by Gasteiger charge is -2.37. The first kappa shape index (κ1) is 21.2. The summed E-state index contributed by atoms with van der Waals surface area (Å²) in [7, 11) is 3.84. The first-order valence-corrected chi connectivity index (χ1v) is 9.61. The van der Waals surface area contributed by atoms with Crippen molar-refractivity contribution in [2.75, 3.05) is 40.3 Å². The summed E-state index contributed by atoms with van der Waals surface area (Å²) in [5.74, 6) is 1.73. The fourth-order valence-electron chi connectivity index (χ4n) is 3.66. The van der Waals surface area contributed by atoms with Crippen molar-refractivity contribution in [2.45, 2.75) is 12.6 Å². The van der Waals surface area contributed by atoms with E-state index in [0.29, 0.717) is 6.54 Å². The van der Waals surface area contributed by atoms with Crippen molar-refractivity contribution in [1.82, 2.24) is 30.0 Å². The summed E-state index contributed by atoms with van der Waals surface area (Å²) in [4.78, 5) is 4.84. The second-order valence-electron chi connectivity index (χ2n) is 7.20. The van der Waals surface area contributed by atoms with Gasteiger partial charge >= 0.3 is 0 Å². The second kappa shape index (κ2) is 9.82. The topological polar surface area (TPSA) is 59.3 Å². The van der Waals surface area contributed by atoms with Crippen LogP contribution in [-0.2, 0) is 6.54 Å². The Morgan fingerprint density at radius 2 is 1.66 bits per heavy atom. The van der Waals surface area contributed by atoms with Crippen LogP contribution in [-0.4, -0.2) is 70.3 Å². The predicted molar refractivity (Wildman–Crippen MR) is 115 cm³/mol. The number of tetrazole rings is 1. The maximum atomic E-state index is 5.25. The zero-order chi connectivity index (χ0) is 19.3. The molecule has 8 heteroatoms. The number of hydrogen-bond acceptors (Lipinski definition) is 6. The number of piperazine rings is 1. The van der Waals surface area contributed by atoms with E-state index in [0.717, 1.165) is 43.3 Å². The van der Waals surface area contributed by atoms with Crippen LogP contribution in [0.5, 0.6) is 5.75 Å². The molecule has 1 aromatic heterocycles. The Bertz CT molecular complexity index is 878. The number of hydrogen-bond donors (Lipinski definition) is 0. The summed E-state index contributed by atoms with van der Waals surface area (Å²) in [5, 5.41) is 12.7. The molecule has 0 aliphatic carbocycles. The number of likely N-dealkylation sites (N-methyl/N-ethyl adjacent to an activating group) is 1. The molecule has 2 heterocycles. The van der Waals surface area contributed by atoms with Crippen molar-refractivity contribution in [2.24, 2.45) is 0 Å². The highest BCUT2D eigenvalue weighted by molar-refractivity contribution is 5.85. The summed E-state index contributed by atoms with van der Waals surface area (Å²) in [5.41, 5.74) is 2.36. The van der Waals surface area contributed by atoms with E-state index in [1.54, 1.807) is 7.11 Å². The van der Waals surface area contributed by atoms with E-state index in [-0.39, 0.29) is 18.4 Å². The Hall–Kier alpha value is -2.48. The minimum absolute atomic E-state index is 0. The first-order chi connectivity index (χ1) is 13.7. The van der Waals surface area contributed by atoms with Crippen molar-refractivity contribution < 1.29 is 4.74 Å². The van der Waals surface area contributed by atoms with E-state index in [9.17, 15) is 0 Å². The normalized spacial score (nSPS) is 16.2. The molecule has 1 atom stereocenters. The molecule has 0 spiro atoms. The van der Waals surface area contributed by atoms with Crippen LogP contribution in [0.2, 0.25) is 0 Å². The first-order valence-electron chi connectivity index (χ1n) is 9.61. The lowest BCUT2D eigenvalue weighted by Crippen LogP contribution is -2.46. The van der Waals surface area contributed by atoms with Crippen LogP contribution in [0.25, 0.3) is 0 Å². The molecule has 4 rings (SSSR count). The molecule has 2 aromatic carbocycles. The molecule has 0 radical (unpaired) electrons. The van der Waals surface area contributed by atoms with Gasteiger partial charge in [-0.1, -0.05) is 42.5 Å². The van der Waals surface area contributed by atoms with Gasteiger partial charge in [0.1, 0.15) is 5.75 Å². The van der Waals surface area contributed by atoms with E-state index in [2.05, 4.69) is 68.8 Å². The van der Waals surface area contributed by atoms with Gasteiger partial charge in [0.2, 0.25) is 0 Å². The monoisotopic (exact) mass is 414 g/mol. The number of ether oxygens (including phenoxy) is 1. The highest BCUT2D eigenvalue weighted by Crippen LogP contribution is 2.28. The minimum Gasteiger partial charge on any atom is -0.497 e. The van der Waals surface area contributed by atoms with Gasteiger partial charge in [0.25, 0.3) is 0 Å². The predicted octanol–water partition coefficient (Wildman–Crippen LogP) is 2.49. The van der Waals surface area contributed by atoms with Crippen LogP contribution in [0.15, 0.2) is 54.6 Å². The highest BCUT2D eigenvalue weighted by Gasteiger charge is 2.29. The van der Waals surface area contributed by atoms with Crippen molar-refractivity contribution in [1.29, 1.82) is 0 Å². The van der Waals surface area contributed by atoms with E-state index >= 15 is 0 Å². The Balaban J connectivity index is 0.00000240. The average molecular weight is 415 g/mol. The summed E-state index contributed by atoms with van der Waals surface area (Å²) >= 11 is 0. The molecular formula is C21H27ClN6O. The van der Waals surface area contributed by atoms with E-state index < -0.39 is 0 Å². The van der Waals surface area contributed by atoms with E-state index in [1.165, 1.54) is 5.56 Å². The van der Waals surface area contributed by atoms with Crippen LogP contribution in [0.4, 0.5) is 0 Å². The summed E-state index contributed by atoms with van der Waals surface area (Å²) in [6.07, 6.45) is 0. The zero-order valence-corrected chi connectivity index (χ0v) is 17.6. The van der Waals surface area contributed by atoms with Gasteiger partial charge in [-0.3, -0.25) is 4.90 Å². The smallest absolute Gasteiger partial charge is 0.173 e. The molecule has 0 bridgehead atoms. The van der Waals surface area contributed by atoms with Gasteiger partial charge in [-0.2, -0.15) is 0 Å². The summed E-state index contributed by atoms with van der Waals surface area (Å²) in [6.45, 7) is 4.70. The van der Waals surface area contributed by atoms with Crippen LogP contribution in [0.1, 0.15) is 23.0 Å². The second-order valence-corrected chi connectivity index (χ2v) is 7.20. The summed E-state index contributed by atoms with van der Waals surface area (Å²) in [6, 6.07) is 18.6. The van der Waals surface area contributed by atoms with Gasteiger partial charge in [0.15, 0.2) is 5.82 Å². The van der Waals surface area contributed by atoms with Gasteiger partial charge in [0.05, 0.1) is 19.7 Å². The number of rotatable bonds is 6. The maximum absolute atomic E-state index is 5.25. The number of methoxy groups -OCH3 is 1. The van der Waals surface area contributed by atoms with Gasteiger partial charge in [-0.05, 0) is 40.7 Å². The van der Waals surface area contributed by atoms with Crippen LogP contribution in [0.3, 0.4) is 0 Å². The van der Waals surface area contributed by atoms with E-state index in [1.807, 2.05) is 22.9 Å². The number of halogens is 1. The molecule has 3 aromatic rings. The summed E-state index contributed by atoms with van der Waals surface area (Å²) < 4.78 is 7.17. The molecule has 1 aliphatic rings. The van der Waals surface area contributed by atoms with Crippen LogP contribution < -0.4 is 4.74 Å². The highest BCUT2D eigenvalue weighted by atomic mass is 35.5. The van der Waals surface area contributed by atoms with Crippen molar-refractivity contribution in [3.8, 4) is 5.75 Å². The third-order valence-electron chi connectivity index (χ3n) is 5.31. The van der Waals surface area contributed by atoms with Crippen LogP contribution in [0, 0.1) is 0 Å². The molecule has 29 heavy (non-hydrogen) atoms. The SMILES string of the molecule is COc1ccc(Cn2nnnc2C(c2ccccc2)N2CCN(C)CC2)cc1.Cl. The fourth-order valence-corrected chi connectivity index (χ4v) is 3.66. The van der Waals surface area contributed by atoms with Gasteiger partial charge in [-0.25, -0.2) is 4.68 Å². The minimum atomic E-state index is 0. The lowest BCUT2D eigenvalue weighted by molar-refractivity contribution is 0.121. The standard InChI is InChI=1S/C21H26N6O.ClH/c1-25-12-14-26(15-13-25)20(18-6-4-3-5-7-18)21-22-23-24-27(21)16-17-8-10-19(28-2)11-9-17;/h3-11,20H,12-16H2,1-2H3;1H. The molecule has 1 aliphatic heterocycles.